The topological polar surface area (TPSA) is 106 Å². The van der Waals surface area contributed by atoms with Crippen LogP contribution in [0, 0.1) is 29.1 Å². The van der Waals surface area contributed by atoms with Crippen molar-refractivity contribution >= 4 is 11.8 Å². The van der Waals surface area contributed by atoms with Gasteiger partial charge in [-0.05, 0) is 41.5 Å². The van der Waals surface area contributed by atoms with E-state index in [4.69, 9.17) is 14.2 Å². The summed E-state index contributed by atoms with van der Waals surface area (Å²) in [6.07, 6.45) is 1.65. The molecule has 4 fully saturated rings. The molecular formula is C41H44O7. The van der Waals surface area contributed by atoms with Crippen molar-refractivity contribution < 1.29 is 34.0 Å². The third-order valence-electron chi connectivity index (χ3n) is 12.9. The molecule has 2 N–H and O–H groups in total. The number of esters is 1. The van der Waals surface area contributed by atoms with Crippen molar-refractivity contribution in [3.8, 4) is 0 Å². The number of fused-ring (bicyclic) bond motifs is 7. The number of ether oxygens (including phenoxy) is 3. The van der Waals surface area contributed by atoms with Gasteiger partial charge in [-0.25, -0.2) is 0 Å². The van der Waals surface area contributed by atoms with E-state index in [1.165, 1.54) is 6.92 Å². The van der Waals surface area contributed by atoms with Gasteiger partial charge in [0.05, 0.1) is 18.3 Å². The molecule has 0 spiro atoms. The molecule has 0 radical (unpaired) electrons. The van der Waals surface area contributed by atoms with Crippen molar-refractivity contribution in [2.75, 3.05) is 6.61 Å². The van der Waals surface area contributed by atoms with Gasteiger partial charge in [0.15, 0.2) is 5.78 Å². The fourth-order valence-electron chi connectivity index (χ4n) is 10.7. The average molecular weight is 649 g/mol. The van der Waals surface area contributed by atoms with Crippen molar-refractivity contribution in [3.63, 3.8) is 0 Å². The van der Waals surface area contributed by atoms with Crippen LogP contribution in [0.15, 0.2) is 103 Å². The van der Waals surface area contributed by atoms with Crippen molar-refractivity contribution in [2.45, 2.75) is 81.6 Å². The molecule has 9 atom stereocenters. The molecular weight excluding hydrogens is 604 g/mol. The molecule has 8 rings (SSSR count). The molecule has 5 aliphatic rings. The minimum absolute atomic E-state index is 0.0182. The summed E-state index contributed by atoms with van der Waals surface area (Å²) in [5.74, 6) is -2.73. The summed E-state index contributed by atoms with van der Waals surface area (Å²) in [5, 5.41) is 25.6. The van der Waals surface area contributed by atoms with Crippen molar-refractivity contribution in [3.05, 3.63) is 119 Å². The summed E-state index contributed by atoms with van der Waals surface area (Å²) in [6, 6.07) is 30.2. The zero-order valence-corrected chi connectivity index (χ0v) is 28.2. The van der Waals surface area contributed by atoms with E-state index in [9.17, 15) is 19.8 Å². The van der Waals surface area contributed by atoms with E-state index in [0.29, 0.717) is 12.0 Å². The van der Waals surface area contributed by atoms with Gasteiger partial charge in [-0.15, -0.1) is 0 Å². The Hall–Kier alpha value is -3.62. The van der Waals surface area contributed by atoms with Gasteiger partial charge in [0, 0.05) is 36.5 Å². The number of epoxide rings is 1. The van der Waals surface area contributed by atoms with Crippen LogP contribution < -0.4 is 0 Å². The minimum Gasteiger partial charge on any atom is -0.458 e. The number of hydrogen-bond acceptors (Lipinski definition) is 7. The van der Waals surface area contributed by atoms with Crippen LogP contribution in [-0.4, -0.2) is 57.1 Å². The molecule has 7 heteroatoms. The number of benzene rings is 3. The van der Waals surface area contributed by atoms with Crippen LogP contribution >= 0.6 is 0 Å². The van der Waals surface area contributed by atoms with Crippen molar-refractivity contribution in [1.29, 1.82) is 0 Å². The zero-order valence-electron chi connectivity index (χ0n) is 28.2. The molecule has 0 amide bonds. The molecule has 1 aliphatic heterocycles. The second-order valence-corrected chi connectivity index (χ2v) is 15.6. The lowest BCUT2D eigenvalue weighted by Gasteiger charge is -2.51. The SMILES string of the molecule is CC(=O)O[C@@]12C[C@@H](C)[C@@]3(O)[C@@H]([C@H]4O[C@@]4(COC(c4ccccc4)(c4ccccc4)c4ccccc4)C[C@]4(O)C(=O)C(C)=C[C@@H]34)[C@@H]1C2(C)C. The van der Waals surface area contributed by atoms with E-state index in [0.717, 1.165) is 16.7 Å². The second kappa shape index (κ2) is 10.2. The van der Waals surface area contributed by atoms with Crippen LogP contribution in [0.5, 0.6) is 0 Å². The highest BCUT2D eigenvalue weighted by Gasteiger charge is 2.88. The maximum atomic E-state index is 13.9. The molecule has 0 unspecified atom stereocenters. The van der Waals surface area contributed by atoms with Gasteiger partial charge in [-0.3, -0.25) is 9.59 Å². The number of rotatable bonds is 7. The zero-order chi connectivity index (χ0) is 33.9. The summed E-state index contributed by atoms with van der Waals surface area (Å²) in [7, 11) is 0. The highest BCUT2D eigenvalue weighted by Crippen LogP contribution is 2.79. The largest absolute Gasteiger partial charge is 0.458 e. The summed E-state index contributed by atoms with van der Waals surface area (Å²) < 4.78 is 20.2. The van der Waals surface area contributed by atoms with Crippen molar-refractivity contribution in [2.24, 2.45) is 29.1 Å². The first-order valence-electron chi connectivity index (χ1n) is 17.1. The van der Waals surface area contributed by atoms with Crippen LogP contribution in [0.4, 0.5) is 0 Å². The first-order valence-corrected chi connectivity index (χ1v) is 17.1. The van der Waals surface area contributed by atoms with Gasteiger partial charge in [0.1, 0.15) is 22.4 Å². The lowest BCUT2D eigenvalue weighted by atomic mass is 9.59. The van der Waals surface area contributed by atoms with E-state index in [-0.39, 0.29) is 30.7 Å². The summed E-state index contributed by atoms with van der Waals surface area (Å²) in [5.41, 5.74) is -3.51. The Morgan fingerprint density at radius 1 is 0.917 bits per heavy atom. The summed E-state index contributed by atoms with van der Waals surface area (Å²) in [6.45, 7) is 9.32. The van der Waals surface area contributed by atoms with Gasteiger partial charge in [0.25, 0.3) is 0 Å². The highest BCUT2D eigenvalue weighted by molar-refractivity contribution is 6.04. The Balaban J connectivity index is 1.27. The van der Waals surface area contributed by atoms with E-state index < -0.39 is 57.3 Å². The minimum atomic E-state index is -1.88. The highest BCUT2D eigenvalue weighted by atomic mass is 16.6. The predicted octanol–water partition coefficient (Wildman–Crippen LogP) is 5.76. The number of aliphatic hydroxyl groups is 2. The molecule has 1 saturated heterocycles. The third-order valence-corrected chi connectivity index (χ3v) is 12.9. The lowest BCUT2D eigenvalue weighted by Crippen LogP contribution is -2.62. The molecule has 4 aliphatic carbocycles. The van der Waals surface area contributed by atoms with Crippen molar-refractivity contribution in [1.82, 2.24) is 0 Å². The molecule has 0 aromatic heterocycles. The molecule has 3 aromatic rings. The quantitative estimate of drug-likeness (QED) is 0.191. The van der Waals surface area contributed by atoms with E-state index in [2.05, 4.69) is 50.2 Å². The maximum absolute atomic E-state index is 13.9. The number of hydrogen-bond donors (Lipinski definition) is 2. The monoisotopic (exact) mass is 648 g/mol. The average Bonchev–Trinajstić information content (AvgIpc) is 3.86. The molecule has 0 bridgehead atoms. The fourth-order valence-corrected chi connectivity index (χ4v) is 10.7. The normalized spacial score (nSPS) is 38.8. The number of ketones is 1. The standard InChI is InChI=1S/C41H44O7/c1-25-21-31-38(44,34(25)43)23-37(35(48-37)32-33-36(4,5)39(33,47-27(3)42)22-26(2)40(31,32)45)24-46-41(28-15-9-6-10-16-28,29-17-11-7-12-18-29)30-19-13-8-14-20-30/h6-21,26,31-33,35,44-45H,22-24H2,1-5H3/t26-,31-,32-,33-,35-,37-,38-,39+,40+/m1/s1. The van der Waals surface area contributed by atoms with Crippen LogP contribution in [0.25, 0.3) is 0 Å². The maximum Gasteiger partial charge on any atom is 0.303 e. The third kappa shape index (κ3) is 3.96. The van der Waals surface area contributed by atoms with E-state index in [1.54, 1.807) is 13.0 Å². The predicted molar refractivity (Wildman–Crippen MR) is 179 cm³/mol. The molecule has 1 heterocycles. The molecule has 250 valence electrons. The van der Waals surface area contributed by atoms with Gasteiger partial charge in [-0.2, -0.15) is 0 Å². The molecule has 7 nitrogen and oxygen atoms in total. The second-order valence-electron chi connectivity index (χ2n) is 15.6. The molecule has 48 heavy (non-hydrogen) atoms. The Labute approximate surface area is 281 Å². The van der Waals surface area contributed by atoms with Gasteiger partial charge < -0.3 is 24.4 Å². The number of carbonyl (C=O) groups is 2. The van der Waals surface area contributed by atoms with Crippen LogP contribution in [0.2, 0.25) is 0 Å². The lowest BCUT2D eigenvalue weighted by molar-refractivity contribution is -0.199. The number of Topliss-reactive ketones (excluding diaryl/α,β-unsaturated/α-hetero) is 1. The first-order chi connectivity index (χ1) is 22.8. The van der Waals surface area contributed by atoms with E-state index in [1.807, 2.05) is 61.5 Å². The molecule has 3 aromatic carbocycles. The Morgan fingerprint density at radius 2 is 1.44 bits per heavy atom. The Kier molecular flexibility index (Phi) is 6.73. The van der Waals surface area contributed by atoms with Crippen LogP contribution in [0.3, 0.4) is 0 Å². The fraction of sp³-hybridized carbons (Fsp3) is 0.463. The summed E-state index contributed by atoms with van der Waals surface area (Å²) >= 11 is 0. The number of carbonyl (C=O) groups excluding carboxylic acids is 2. The van der Waals surface area contributed by atoms with Gasteiger partial charge in [-0.1, -0.05) is 118 Å². The summed E-state index contributed by atoms with van der Waals surface area (Å²) in [4.78, 5) is 26.4. The van der Waals surface area contributed by atoms with Crippen LogP contribution in [0.1, 0.15) is 64.2 Å². The van der Waals surface area contributed by atoms with Gasteiger partial charge in [0.2, 0.25) is 0 Å². The van der Waals surface area contributed by atoms with E-state index >= 15 is 0 Å². The van der Waals surface area contributed by atoms with Gasteiger partial charge >= 0.3 is 5.97 Å². The first kappa shape index (κ1) is 31.6. The Bertz CT molecular complexity index is 1710. The smallest absolute Gasteiger partial charge is 0.303 e. The Morgan fingerprint density at radius 3 is 1.94 bits per heavy atom. The van der Waals surface area contributed by atoms with Crippen LogP contribution in [-0.2, 0) is 29.4 Å². The molecule has 3 saturated carbocycles.